The minimum atomic E-state index is 0.0130. The van der Waals surface area contributed by atoms with Gasteiger partial charge in [0.1, 0.15) is 5.75 Å². The van der Waals surface area contributed by atoms with Crippen LogP contribution >= 0.6 is 22.6 Å². The highest BCUT2D eigenvalue weighted by atomic mass is 127. The maximum absolute atomic E-state index is 11.5. The molecule has 1 aromatic carbocycles. The SMILES string of the molecule is O=C(Cc1cccc(O)c1)NCCCCI. The Labute approximate surface area is 109 Å². The smallest absolute Gasteiger partial charge is 0.224 e. The molecular formula is C12H16INO2. The Hall–Kier alpha value is -0.780. The Kier molecular flexibility index (Phi) is 6.22. The largest absolute Gasteiger partial charge is 0.508 e. The van der Waals surface area contributed by atoms with E-state index in [4.69, 9.17) is 0 Å². The monoisotopic (exact) mass is 333 g/mol. The summed E-state index contributed by atoms with van der Waals surface area (Å²) in [6.45, 7) is 0.737. The first-order valence-corrected chi connectivity index (χ1v) is 6.85. The van der Waals surface area contributed by atoms with Gasteiger partial charge in [-0.2, -0.15) is 0 Å². The zero-order chi connectivity index (χ0) is 11.8. The Bertz CT molecular complexity index is 342. The number of phenolic OH excluding ortho intramolecular Hbond substituents is 1. The van der Waals surface area contributed by atoms with Gasteiger partial charge in [0.05, 0.1) is 6.42 Å². The fourth-order valence-corrected chi connectivity index (χ4v) is 1.90. The van der Waals surface area contributed by atoms with Gasteiger partial charge in [-0.05, 0) is 35.0 Å². The van der Waals surface area contributed by atoms with Crippen molar-refractivity contribution in [3.63, 3.8) is 0 Å². The van der Waals surface area contributed by atoms with E-state index in [0.29, 0.717) is 6.42 Å². The zero-order valence-corrected chi connectivity index (χ0v) is 11.2. The second kappa shape index (κ2) is 7.49. The van der Waals surface area contributed by atoms with Crippen LogP contribution in [0.1, 0.15) is 18.4 Å². The number of aromatic hydroxyl groups is 1. The van der Waals surface area contributed by atoms with E-state index < -0.39 is 0 Å². The number of nitrogens with one attached hydrogen (secondary N) is 1. The summed E-state index contributed by atoms with van der Waals surface area (Å²) in [6.07, 6.45) is 2.49. The summed E-state index contributed by atoms with van der Waals surface area (Å²) in [6, 6.07) is 6.80. The fraction of sp³-hybridized carbons (Fsp3) is 0.417. The van der Waals surface area contributed by atoms with Gasteiger partial charge in [-0.15, -0.1) is 0 Å². The van der Waals surface area contributed by atoms with E-state index in [1.54, 1.807) is 18.2 Å². The highest BCUT2D eigenvalue weighted by Crippen LogP contribution is 2.11. The van der Waals surface area contributed by atoms with Crippen LogP contribution in [0.15, 0.2) is 24.3 Å². The number of hydrogen-bond acceptors (Lipinski definition) is 2. The molecule has 0 spiro atoms. The molecule has 1 amide bonds. The fourth-order valence-electron chi connectivity index (χ4n) is 1.36. The van der Waals surface area contributed by atoms with Gasteiger partial charge in [0, 0.05) is 6.54 Å². The molecule has 0 bridgehead atoms. The van der Waals surface area contributed by atoms with Gasteiger partial charge in [0.2, 0.25) is 5.91 Å². The molecule has 88 valence electrons. The van der Waals surface area contributed by atoms with E-state index in [1.807, 2.05) is 6.07 Å². The van der Waals surface area contributed by atoms with Gasteiger partial charge in [-0.1, -0.05) is 34.7 Å². The molecule has 2 N–H and O–H groups in total. The van der Waals surface area contributed by atoms with Crippen molar-refractivity contribution in [3.05, 3.63) is 29.8 Å². The van der Waals surface area contributed by atoms with Crippen LogP contribution in [-0.2, 0) is 11.2 Å². The second-order valence-electron chi connectivity index (χ2n) is 3.59. The van der Waals surface area contributed by atoms with E-state index in [1.165, 1.54) is 0 Å². The molecule has 1 rings (SSSR count). The third kappa shape index (κ3) is 5.34. The van der Waals surface area contributed by atoms with Crippen molar-refractivity contribution < 1.29 is 9.90 Å². The summed E-state index contributed by atoms with van der Waals surface area (Å²) in [5, 5.41) is 12.1. The molecule has 0 saturated heterocycles. The van der Waals surface area contributed by atoms with Crippen LogP contribution in [0.4, 0.5) is 0 Å². The Balaban J connectivity index is 2.29. The number of carbonyl (C=O) groups excluding carboxylic acids is 1. The predicted octanol–water partition coefficient (Wildman–Crippen LogP) is 2.27. The van der Waals surface area contributed by atoms with Crippen LogP contribution in [0.2, 0.25) is 0 Å². The summed E-state index contributed by atoms with van der Waals surface area (Å²) in [5.41, 5.74) is 0.839. The van der Waals surface area contributed by atoms with Gasteiger partial charge >= 0.3 is 0 Å². The summed E-state index contributed by atoms with van der Waals surface area (Å²) in [7, 11) is 0. The summed E-state index contributed by atoms with van der Waals surface area (Å²) in [4.78, 5) is 11.5. The number of rotatable bonds is 6. The van der Waals surface area contributed by atoms with Crippen LogP contribution in [0.3, 0.4) is 0 Å². The number of alkyl halides is 1. The maximum Gasteiger partial charge on any atom is 0.224 e. The average Bonchev–Trinajstić information content (AvgIpc) is 2.24. The molecule has 0 heterocycles. The highest BCUT2D eigenvalue weighted by molar-refractivity contribution is 14.1. The van der Waals surface area contributed by atoms with Gasteiger partial charge in [-0.3, -0.25) is 4.79 Å². The molecule has 0 unspecified atom stereocenters. The molecule has 0 aliphatic rings. The zero-order valence-electron chi connectivity index (χ0n) is 9.08. The standard InChI is InChI=1S/C12H16INO2/c13-6-1-2-7-14-12(16)9-10-4-3-5-11(15)8-10/h3-5,8,15H,1-2,6-7,9H2,(H,14,16). The van der Waals surface area contributed by atoms with Crippen LogP contribution in [0, 0.1) is 0 Å². The molecule has 3 nitrogen and oxygen atoms in total. The molecule has 0 radical (unpaired) electrons. The number of carbonyl (C=O) groups is 1. The molecule has 0 aliphatic carbocycles. The third-order valence-corrected chi connectivity index (χ3v) is 2.92. The maximum atomic E-state index is 11.5. The first kappa shape index (κ1) is 13.3. The van der Waals surface area contributed by atoms with Crippen LogP contribution in [0.25, 0.3) is 0 Å². The van der Waals surface area contributed by atoms with E-state index in [9.17, 15) is 9.90 Å². The van der Waals surface area contributed by atoms with Crippen LogP contribution in [-0.4, -0.2) is 22.0 Å². The minimum Gasteiger partial charge on any atom is -0.508 e. The first-order chi connectivity index (χ1) is 7.72. The molecule has 0 fully saturated rings. The molecule has 0 aliphatic heterocycles. The summed E-state index contributed by atoms with van der Waals surface area (Å²) >= 11 is 2.33. The van der Waals surface area contributed by atoms with Crippen molar-refractivity contribution >= 4 is 28.5 Å². The lowest BCUT2D eigenvalue weighted by atomic mass is 10.1. The topological polar surface area (TPSA) is 49.3 Å². The molecule has 4 heteroatoms. The van der Waals surface area contributed by atoms with Crippen molar-refractivity contribution in [2.75, 3.05) is 11.0 Å². The van der Waals surface area contributed by atoms with Crippen LogP contribution < -0.4 is 5.32 Å². The van der Waals surface area contributed by atoms with Gasteiger partial charge in [0.25, 0.3) is 0 Å². The van der Waals surface area contributed by atoms with Crippen molar-refractivity contribution in [2.24, 2.45) is 0 Å². The quantitative estimate of drug-likeness (QED) is 0.477. The van der Waals surface area contributed by atoms with E-state index >= 15 is 0 Å². The molecular weight excluding hydrogens is 317 g/mol. The Morgan fingerprint density at radius 1 is 1.38 bits per heavy atom. The normalized spacial score (nSPS) is 10.1. The third-order valence-electron chi connectivity index (χ3n) is 2.16. The van der Waals surface area contributed by atoms with Crippen molar-refractivity contribution in [3.8, 4) is 5.75 Å². The van der Waals surface area contributed by atoms with Crippen molar-refractivity contribution in [1.29, 1.82) is 0 Å². The van der Waals surface area contributed by atoms with Gasteiger partial charge in [-0.25, -0.2) is 0 Å². The number of unbranched alkanes of at least 4 members (excludes halogenated alkanes) is 1. The highest BCUT2D eigenvalue weighted by Gasteiger charge is 2.02. The molecule has 16 heavy (non-hydrogen) atoms. The summed E-state index contributed by atoms with van der Waals surface area (Å²) < 4.78 is 1.13. The van der Waals surface area contributed by atoms with Gasteiger partial charge < -0.3 is 10.4 Å². The minimum absolute atomic E-state index is 0.0130. The predicted molar refractivity (Wildman–Crippen MR) is 72.9 cm³/mol. The van der Waals surface area contributed by atoms with Crippen molar-refractivity contribution in [2.45, 2.75) is 19.3 Å². The molecule has 0 aromatic heterocycles. The lowest BCUT2D eigenvalue weighted by Gasteiger charge is -2.04. The number of hydrogen-bond donors (Lipinski definition) is 2. The van der Waals surface area contributed by atoms with Gasteiger partial charge in [0.15, 0.2) is 0 Å². The molecule has 0 atom stereocenters. The lowest BCUT2D eigenvalue weighted by molar-refractivity contribution is -0.120. The number of amides is 1. The molecule has 0 saturated carbocycles. The average molecular weight is 333 g/mol. The van der Waals surface area contributed by atoms with E-state index in [0.717, 1.165) is 29.4 Å². The van der Waals surface area contributed by atoms with E-state index in [-0.39, 0.29) is 11.7 Å². The summed E-state index contributed by atoms with van der Waals surface area (Å²) in [5.74, 6) is 0.217. The van der Waals surface area contributed by atoms with E-state index in [2.05, 4.69) is 27.9 Å². The van der Waals surface area contributed by atoms with Crippen molar-refractivity contribution in [1.82, 2.24) is 5.32 Å². The Morgan fingerprint density at radius 2 is 2.19 bits per heavy atom. The lowest BCUT2D eigenvalue weighted by Crippen LogP contribution is -2.26. The Morgan fingerprint density at radius 3 is 2.88 bits per heavy atom. The molecule has 1 aromatic rings. The second-order valence-corrected chi connectivity index (χ2v) is 4.67. The first-order valence-electron chi connectivity index (χ1n) is 5.33. The number of benzene rings is 1. The number of phenols is 1. The van der Waals surface area contributed by atoms with Crippen LogP contribution in [0.5, 0.6) is 5.75 Å². The number of halogens is 1.